The zero-order valence-electron chi connectivity index (χ0n) is 7.88. The zero-order chi connectivity index (χ0) is 9.03. The van der Waals surface area contributed by atoms with E-state index in [1.807, 2.05) is 0 Å². The Morgan fingerprint density at radius 2 is 2.08 bits per heavy atom. The van der Waals surface area contributed by atoms with Gasteiger partial charge < -0.3 is 15.2 Å². The highest BCUT2D eigenvalue weighted by Crippen LogP contribution is 2.24. The number of hydrogen-bond donors (Lipinski definition) is 1. The lowest BCUT2D eigenvalue weighted by Crippen LogP contribution is -2.51. The van der Waals surface area contributed by atoms with Crippen LogP contribution in [0, 0.1) is 0 Å². The fraction of sp³-hybridized carbons (Fsp3) is 1.00. The summed E-state index contributed by atoms with van der Waals surface area (Å²) in [5.41, 5.74) is 5.55. The third kappa shape index (κ3) is 1.95. The Hall–Kier alpha value is -0.160. The van der Waals surface area contributed by atoms with Gasteiger partial charge in [-0.05, 0) is 13.0 Å². The molecule has 1 aliphatic rings. The molecule has 2 N–H and O–H groups in total. The number of methoxy groups -OCH3 is 2. The lowest BCUT2D eigenvalue weighted by molar-refractivity contribution is -0.231. The standard InChI is InChI=1S/C8H18N2O2/c1-11-8(12-2)4-3-5-10(6-8)7-9/h3-7,9H2,1-2H3. The summed E-state index contributed by atoms with van der Waals surface area (Å²) >= 11 is 0. The number of piperidine rings is 1. The number of likely N-dealkylation sites (tertiary alicyclic amines) is 1. The molecule has 0 aliphatic carbocycles. The lowest BCUT2D eigenvalue weighted by Gasteiger charge is -2.39. The molecule has 0 radical (unpaired) electrons. The molecule has 0 bridgehead atoms. The maximum atomic E-state index is 5.55. The van der Waals surface area contributed by atoms with Gasteiger partial charge in [0.15, 0.2) is 5.79 Å². The molecule has 1 fully saturated rings. The van der Waals surface area contributed by atoms with Gasteiger partial charge in [0.2, 0.25) is 0 Å². The first kappa shape index (κ1) is 9.92. The van der Waals surface area contributed by atoms with Gasteiger partial charge in [0, 0.05) is 27.3 Å². The summed E-state index contributed by atoms with van der Waals surface area (Å²) in [7, 11) is 3.37. The Morgan fingerprint density at radius 1 is 1.42 bits per heavy atom. The van der Waals surface area contributed by atoms with E-state index in [0.717, 1.165) is 25.9 Å². The van der Waals surface area contributed by atoms with Gasteiger partial charge in [-0.3, -0.25) is 4.90 Å². The van der Waals surface area contributed by atoms with Crippen LogP contribution in [0.4, 0.5) is 0 Å². The van der Waals surface area contributed by atoms with Crippen molar-refractivity contribution >= 4 is 0 Å². The zero-order valence-corrected chi connectivity index (χ0v) is 7.88. The molecule has 1 heterocycles. The molecule has 0 aromatic carbocycles. The minimum absolute atomic E-state index is 0.419. The lowest BCUT2D eigenvalue weighted by atomic mass is 10.1. The summed E-state index contributed by atoms with van der Waals surface area (Å²) in [6.07, 6.45) is 2.04. The minimum atomic E-state index is -0.419. The van der Waals surface area contributed by atoms with E-state index >= 15 is 0 Å². The van der Waals surface area contributed by atoms with Crippen LogP contribution >= 0.6 is 0 Å². The Labute approximate surface area is 73.6 Å². The number of nitrogens with two attached hydrogens (primary N) is 1. The van der Waals surface area contributed by atoms with Gasteiger partial charge in [-0.2, -0.15) is 0 Å². The molecule has 0 atom stereocenters. The molecule has 0 amide bonds. The summed E-state index contributed by atoms with van der Waals surface area (Å²) in [6, 6.07) is 0. The van der Waals surface area contributed by atoms with Gasteiger partial charge in [-0.15, -0.1) is 0 Å². The van der Waals surface area contributed by atoms with Gasteiger partial charge in [-0.1, -0.05) is 0 Å². The molecular weight excluding hydrogens is 156 g/mol. The number of rotatable bonds is 3. The molecular formula is C8H18N2O2. The average molecular weight is 174 g/mol. The Bertz CT molecular complexity index is 137. The van der Waals surface area contributed by atoms with Crippen molar-refractivity contribution < 1.29 is 9.47 Å². The summed E-state index contributed by atoms with van der Waals surface area (Å²) < 4.78 is 10.7. The predicted molar refractivity (Wildman–Crippen MR) is 46.6 cm³/mol. The van der Waals surface area contributed by atoms with E-state index in [-0.39, 0.29) is 0 Å². The second kappa shape index (κ2) is 4.18. The van der Waals surface area contributed by atoms with Gasteiger partial charge in [0.25, 0.3) is 0 Å². The summed E-state index contributed by atoms with van der Waals surface area (Å²) in [5.74, 6) is -0.419. The van der Waals surface area contributed by atoms with Crippen molar-refractivity contribution in [2.24, 2.45) is 5.73 Å². The van der Waals surface area contributed by atoms with Gasteiger partial charge in [0.05, 0.1) is 6.54 Å². The van der Waals surface area contributed by atoms with Gasteiger partial charge in [0.1, 0.15) is 0 Å². The van der Waals surface area contributed by atoms with E-state index < -0.39 is 5.79 Å². The largest absolute Gasteiger partial charge is 0.352 e. The number of ether oxygens (including phenoxy) is 2. The molecule has 0 unspecified atom stereocenters. The second-order valence-corrected chi connectivity index (χ2v) is 3.16. The van der Waals surface area contributed by atoms with E-state index in [2.05, 4.69) is 4.90 Å². The minimum Gasteiger partial charge on any atom is -0.352 e. The SMILES string of the molecule is COC1(OC)CCCN(CN)C1. The van der Waals surface area contributed by atoms with Crippen molar-refractivity contribution in [2.45, 2.75) is 18.6 Å². The second-order valence-electron chi connectivity index (χ2n) is 3.16. The van der Waals surface area contributed by atoms with Crippen LogP contribution in [0.15, 0.2) is 0 Å². The average Bonchev–Trinajstić information content (AvgIpc) is 2.18. The maximum absolute atomic E-state index is 5.55. The molecule has 12 heavy (non-hydrogen) atoms. The van der Waals surface area contributed by atoms with Crippen LogP contribution in [-0.2, 0) is 9.47 Å². The molecule has 4 heteroatoms. The van der Waals surface area contributed by atoms with Gasteiger partial charge >= 0.3 is 0 Å². The Balaban J connectivity index is 2.52. The van der Waals surface area contributed by atoms with Crippen LogP contribution in [0.1, 0.15) is 12.8 Å². The van der Waals surface area contributed by atoms with E-state index in [9.17, 15) is 0 Å². The molecule has 0 aromatic rings. The number of hydrogen-bond acceptors (Lipinski definition) is 4. The summed E-state index contributed by atoms with van der Waals surface area (Å²) in [5, 5.41) is 0. The first-order valence-corrected chi connectivity index (χ1v) is 4.29. The van der Waals surface area contributed by atoms with Crippen molar-refractivity contribution in [3.05, 3.63) is 0 Å². The highest BCUT2D eigenvalue weighted by atomic mass is 16.7. The quantitative estimate of drug-likeness (QED) is 0.611. The first-order valence-electron chi connectivity index (χ1n) is 4.29. The monoisotopic (exact) mass is 174 g/mol. The molecule has 0 saturated carbocycles. The van der Waals surface area contributed by atoms with Crippen molar-refractivity contribution in [1.82, 2.24) is 4.90 Å². The Morgan fingerprint density at radius 3 is 2.58 bits per heavy atom. The molecule has 0 aromatic heterocycles. The van der Waals surface area contributed by atoms with Crippen LogP contribution in [-0.4, -0.2) is 44.7 Å². The van der Waals surface area contributed by atoms with E-state index in [1.54, 1.807) is 14.2 Å². The van der Waals surface area contributed by atoms with Crippen LogP contribution in [0.3, 0.4) is 0 Å². The van der Waals surface area contributed by atoms with E-state index in [0.29, 0.717) is 6.67 Å². The maximum Gasteiger partial charge on any atom is 0.180 e. The molecule has 4 nitrogen and oxygen atoms in total. The third-order valence-electron chi connectivity index (χ3n) is 2.50. The fourth-order valence-corrected chi connectivity index (χ4v) is 1.64. The van der Waals surface area contributed by atoms with Gasteiger partial charge in [-0.25, -0.2) is 0 Å². The van der Waals surface area contributed by atoms with Crippen LogP contribution in [0.2, 0.25) is 0 Å². The number of nitrogens with zero attached hydrogens (tertiary/aromatic N) is 1. The smallest absolute Gasteiger partial charge is 0.180 e. The van der Waals surface area contributed by atoms with E-state index in [4.69, 9.17) is 15.2 Å². The van der Waals surface area contributed by atoms with Crippen molar-refractivity contribution in [3.63, 3.8) is 0 Å². The molecule has 1 saturated heterocycles. The molecule has 72 valence electrons. The topological polar surface area (TPSA) is 47.7 Å². The van der Waals surface area contributed by atoms with Crippen molar-refractivity contribution in [2.75, 3.05) is 34.0 Å². The highest BCUT2D eigenvalue weighted by molar-refractivity contribution is 4.79. The predicted octanol–water partition coefficient (Wildman–Crippen LogP) is -0.0125. The summed E-state index contributed by atoms with van der Waals surface area (Å²) in [4.78, 5) is 2.14. The van der Waals surface area contributed by atoms with Crippen LogP contribution in [0.5, 0.6) is 0 Å². The first-order chi connectivity index (χ1) is 5.76. The van der Waals surface area contributed by atoms with Crippen LogP contribution < -0.4 is 5.73 Å². The van der Waals surface area contributed by atoms with Crippen LogP contribution in [0.25, 0.3) is 0 Å². The fourth-order valence-electron chi connectivity index (χ4n) is 1.64. The van der Waals surface area contributed by atoms with E-state index in [1.165, 1.54) is 0 Å². The molecule has 1 aliphatic heterocycles. The third-order valence-corrected chi connectivity index (χ3v) is 2.50. The highest BCUT2D eigenvalue weighted by Gasteiger charge is 2.34. The molecule has 0 spiro atoms. The molecule has 1 rings (SSSR count). The normalized spacial score (nSPS) is 24.2. The Kier molecular flexibility index (Phi) is 3.46. The van der Waals surface area contributed by atoms with Crippen molar-refractivity contribution in [3.8, 4) is 0 Å². The summed E-state index contributed by atoms with van der Waals surface area (Å²) in [6.45, 7) is 2.40. The van der Waals surface area contributed by atoms with Crippen molar-refractivity contribution in [1.29, 1.82) is 0 Å².